The lowest BCUT2D eigenvalue weighted by molar-refractivity contribution is -0.154. The summed E-state index contributed by atoms with van der Waals surface area (Å²) in [6.07, 6.45) is 1.02. The normalized spacial score (nSPS) is 27.8. The second-order valence-electron chi connectivity index (χ2n) is 5.71. The van der Waals surface area contributed by atoms with Crippen molar-refractivity contribution in [3.8, 4) is 0 Å². The summed E-state index contributed by atoms with van der Waals surface area (Å²) in [5.41, 5.74) is 0.114. The number of hydrogen-bond donors (Lipinski definition) is 1. The van der Waals surface area contributed by atoms with E-state index < -0.39 is 12.1 Å². The number of ether oxygens (including phenoxy) is 1. The Morgan fingerprint density at radius 2 is 2.12 bits per heavy atom. The van der Waals surface area contributed by atoms with Crippen molar-refractivity contribution in [1.82, 2.24) is 4.90 Å². The van der Waals surface area contributed by atoms with Gasteiger partial charge in [0.15, 0.2) is 0 Å². The highest BCUT2D eigenvalue weighted by Crippen LogP contribution is 2.24. The fraction of sp³-hybridized carbons (Fsp3) is 0.917. The van der Waals surface area contributed by atoms with E-state index >= 15 is 0 Å². The monoisotopic (exact) mass is 229 g/mol. The minimum Gasteiger partial charge on any atom is -0.468 e. The number of aliphatic hydroxyl groups excluding tert-OH is 1. The Bertz CT molecular complexity index is 247. The van der Waals surface area contributed by atoms with E-state index in [4.69, 9.17) is 4.74 Å². The number of likely N-dealkylation sites (tertiary alicyclic amines) is 1. The molecule has 4 heteroatoms. The number of hydrogen-bond acceptors (Lipinski definition) is 4. The summed E-state index contributed by atoms with van der Waals surface area (Å²) < 4.78 is 4.76. The first-order valence-corrected chi connectivity index (χ1v) is 5.85. The third kappa shape index (κ3) is 3.46. The largest absolute Gasteiger partial charge is 0.468 e. The van der Waals surface area contributed by atoms with Crippen LogP contribution in [-0.2, 0) is 9.53 Å². The number of carbonyl (C=O) groups is 1. The second kappa shape index (κ2) is 5.15. The van der Waals surface area contributed by atoms with Crippen LogP contribution in [0.2, 0.25) is 0 Å². The topological polar surface area (TPSA) is 49.8 Å². The zero-order valence-corrected chi connectivity index (χ0v) is 10.7. The summed E-state index contributed by atoms with van der Waals surface area (Å²) in [6.45, 7) is 8.03. The van der Waals surface area contributed by atoms with Gasteiger partial charge in [0.05, 0.1) is 13.2 Å². The van der Waals surface area contributed by atoms with Crippen LogP contribution < -0.4 is 0 Å². The Morgan fingerprint density at radius 1 is 1.50 bits per heavy atom. The summed E-state index contributed by atoms with van der Waals surface area (Å²) in [6, 6.07) is -0.488. The van der Waals surface area contributed by atoms with Crippen LogP contribution in [0.15, 0.2) is 0 Å². The SMILES string of the molecule is COC(=O)[C@H]1[C@H](O)CCCN1CC(C)(C)C. The van der Waals surface area contributed by atoms with Crippen molar-refractivity contribution in [1.29, 1.82) is 0 Å². The highest BCUT2D eigenvalue weighted by atomic mass is 16.5. The predicted octanol–water partition coefficient (Wildman–Crippen LogP) is 1.03. The summed E-state index contributed by atoms with van der Waals surface area (Å²) in [4.78, 5) is 13.7. The van der Waals surface area contributed by atoms with Gasteiger partial charge in [-0.1, -0.05) is 20.8 Å². The average Bonchev–Trinajstić information content (AvgIpc) is 2.14. The van der Waals surface area contributed by atoms with E-state index in [-0.39, 0.29) is 11.4 Å². The van der Waals surface area contributed by atoms with Crippen LogP contribution in [0.5, 0.6) is 0 Å². The lowest BCUT2D eigenvalue weighted by Crippen LogP contribution is -2.55. The standard InChI is InChI=1S/C12H23NO3/c1-12(2,3)8-13-7-5-6-9(14)10(13)11(15)16-4/h9-10,14H,5-8H2,1-4H3/t9-,10-/m1/s1. The summed E-state index contributed by atoms with van der Waals surface area (Å²) in [7, 11) is 1.37. The van der Waals surface area contributed by atoms with Crippen molar-refractivity contribution in [2.45, 2.75) is 45.8 Å². The molecule has 4 nitrogen and oxygen atoms in total. The van der Waals surface area contributed by atoms with Gasteiger partial charge in [-0.3, -0.25) is 9.69 Å². The number of piperidine rings is 1. The minimum absolute atomic E-state index is 0.114. The zero-order chi connectivity index (χ0) is 12.3. The van der Waals surface area contributed by atoms with Gasteiger partial charge in [0, 0.05) is 6.54 Å². The molecule has 1 saturated heterocycles. The zero-order valence-electron chi connectivity index (χ0n) is 10.7. The maximum Gasteiger partial charge on any atom is 0.325 e. The number of nitrogens with zero attached hydrogens (tertiary/aromatic N) is 1. The first kappa shape index (κ1) is 13.5. The van der Waals surface area contributed by atoms with Crippen molar-refractivity contribution in [3.63, 3.8) is 0 Å². The molecule has 0 unspecified atom stereocenters. The molecular formula is C12H23NO3. The van der Waals surface area contributed by atoms with Crippen molar-refractivity contribution in [3.05, 3.63) is 0 Å². The summed E-state index contributed by atoms with van der Waals surface area (Å²) >= 11 is 0. The smallest absolute Gasteiger partial charge is 0.325 e. The molecule has 0 radical (unpaired) electrons. The van der Waals surface area contributed by atoms with Crippen molar-refractivity contribution in [2.24, 2.45) is 5.41 Å². The molecule has 1 heterocycles. The third-order valence-corrected chi connectivity index (χ3v) is 2.82. The Labute approximate surface area is 97.6 Å². The predicted molar refractivity (Wildman–Crippen MR) is 62.1 cm³/mol. The Morgan fingerprint density at radius 3 is 2.62 bits per heavy atom. The van der Waals surface area contributed by atoms with Crippen LogP contribution in [0.25, 0.3) is 0 Å². The van der Waals surface area contributed by atoms with Crippen LogP contribution in [0.3, 0.4) is 0 Å². The van der Waals surface area contributed by atoms with Crippen LogP contribution in [0, 0.1) is 5.41 Å². The third-order valence-electron chi connectivity index (χ3n) is 2.82. The Balaban J connectivity index is 2.74. The number of rotatable bonds is 2. The maximum atomic E-state index is 11.6. The molecule has 1 rings (SSSR count). The Hall–Kier alpha value is -0.610. The molecule has 0 aromatic rings. The number of carbonyl (C=O) groups excluding carboxylic acids is 1. The molecule has 1 aliphatic heterocycles. The van der Waals surface area contributed by atoms with Gasteiger partial charge in [0.25, 0.3) is 0 Å². The number of methoxy groups -OCH3 is 1. The van der Waals surface area contributed by atoms with Gasteiger partial charge in [-0.25, -0.2) is 0 Å². The maximum absolute atomic E-state index is 11.6. The van der Waals surface area contributed by atoms with E-state index in [1.165, 1.54) is 7.11 Å². The molecule has 2 atom stereocenters. The molecule has 0 spiro atoms. The van der Waals surface area contributed by atoms with Crippen molar-refractivity contribution in [2.75, 3.05) is 20.2 Å². The molecule has 0 amide bonds. The first-order chi connectivity index (χ1) is 7.35. The van der Waals surface area contributed by atoms with Gasteiger partial charge in [0.1, 0.15) is 6.04 Å². The molecule has 1 N–H and O–H groups in total. The van der Waals surface area contributed by atoms with E-state index in [0.29, 0.717) is 6.42 Å². The fourth-order valence-electron chi connectivity index (χ4n) is 2.26. The van der Waals surface area contributed by atoms with Gasteiger partial charge >= 0.3 is 5.97 Å². The molecule has 16 heavy (non-hydrogen) atoms. The summed E-state index contributed by atoms with van der Waals surface area (Å²) in [5.74, 6) is -0.323. The number of esters is 1. The van der Waals surface area contributed by atoms with Gasteiger partial charge in [-0.2, -0.15) is 0 Å². The molecule has 1 fully saturated rings. The summed E-state index contributed by atoms with van der Waals surface area (Å²) in [5, 5.41) is 9.90. The van der Waals surface area contributed by atoms with Gasteiger partial charge in [-0.05, 0) is 24.8 Å². The Kier molecular flexibility index (Phi) is 4.33. The average molecular weight is 229 g/mol. The molecular weight excluding hydrogens is 206 g/mol. The van der Waals surface area contributed by atoms with Gasteiger partial charge < -0.3 is 9.84 Å². The van der Waals surface area contributed by atoms with Crippen LogP contribution in [0.1, 0.15) is 33.6 Å². The van der Waals surface area contributed by atoms with E-state index in [0.717, 1.165) is 19.5 Å². The first-order valence-electron chi connectivity index (χ1n) is 5.85. The van der Waals surface area contributed by atoms with E-state index in [9.17, 15) is 9.90 Å². The van der Waals surface area contributed by atoms with Crippen LogP contribution in [0.4, 0.5) is 0 Å². The van der Waals surface area contributed by atoms with E-state index in [1.807, 2.05) is 4.90 Å². The van der Waals surface area contributed by atoms with Crippen LogP contribution in [-0.4, -0.2) is 48.3 Å². The van der Waals surface area contributed by atoms with Gasteiger partial charge in [-0.15, -0.1) is 0 Å². The molecule has 94 valence electrons. The fourth-order valence-corrected chi connectivity index (χ4v) is 2.26. The quantitative estimate of drug-likeness (QED) is 0.719. The molecule has 0 saturated carbocycles. The van der Waals surface area contributed by atoms with Crippen molar-refractivity contribution < 1.29 is 14.6 Å². The lowest BCUT2D eigenvalue weighted by atomic mass is 9.91. The van der Waals surface area contributed by atoms with E-state index in [2.05, 4.69) is 20.8 Å². The molecule has 0 aromatic heterocycles. The highest BCUT2D eigenvalue weighted by Gasteiger charge is 2.37. The molecule has 0 aliphatic carbocycles. The second-order valence-corrected chi connectivity index (χ2v) is 5.71. The van der Waals surface area contributed by atoms with E-state index in [1.54, 1.807) is 0 Å². The van der Waals surface area contributed by atoms with Gasteiger partial charge in [0.2, 0.25) is 0 Å². The number of aliphatic hydroxyl groups is 1. The van der Waals surface area contributed by atoms with Crippen LogP contribution >= 0.6 is 0 Å². The molecule has 0 aromatic carbocycles. The molecule has 0 bridgehead atoms. The highest BCUT2D eigenvalue weighted by molar-refractivity contribution is 5.76. The minimum atomic E-state index is -0.594. The molecule has 1 aliphatic rings. The lowest BCUT2D eigenvalue weighted by Gasteiger charge is -2.40. The van der Waals surface area contributed by atoms with Crippen molar-refractivity contribution >= 4 is 5.97 Å².